The summed E-state index contributed by atoms with van der Waals surface area (Å²) in [7, 11) is 0. The summed E-state index contributed by atoms with van der Waals surface area (Å²) < 4.78 is 17.7. The van der Waals surface area contributed by atoms with Crippen molar-refractivity contribution in [2.24, 2.45) is 0 Å². The van der Waals surface area contributed by atoms with Crippen LogP contribution in [-0.2, 0) is 4.79 Å². The molecule has 0 aliphatic heterocycles. The van der Waals surface area contributed by atoms with E-state index in [0.29, 0.717) is 16.5 Å². The van der Waals surface area contributed by atoms with Gasteiger partial charge in [-0.15, -0.1) is 0 Å². The number of anilines is 1. The summed E-state index contributed by atoms with van der Waals surface area (Å²) in [5, 5.41) is 3.15. The lowest BCUT2D eigenvalue weighted by molar-refractivity contribution is -0.118. The Bertz CT molecular complexity index is 575. The number of hydrogen-bond acceptors (Lipinski definition) is 3. The quantitative estimate of drug-likeness (QED) is 0.876. The fourth-order valence-corrected chi connectivity index (χ4v) is 1.55. The molecule has 2 aromatic rings. The molecule has 0 aliphatic rings. The van der Waals surface area contributed by atoms with E-state index in [1.807, 2.05) is 0 Å². The number of carbonyl (C=O) groups excluding carboxylic acids is 1. The Kier molecular flexibility index (Phi) is 4.30. The topological polar surface area (TPSA) is 51.2 Å². The van der Waals surface area contributed by atoms with Gasteiger partial charge in [-0.3, -0.25) is 4.79 Å². The average Bonchev–Trinajstić information content (AvgIpc) is 2.38. The van der Waals surface area contributed by atoms with Gasteiger partial charge in [0.1, 0.15) is 5.75 Å². The predicted octanol–water partition coefficient (Wildman–Crippen LogP) is 2.89. The molecule has 4 nitrogen and oxygen atoms in total. The summed E-state index contributed by atoms with van der Waals surface area (Å²) >= 11 is 5.79. The molecule has 1 amide bonds. The van der Waals surface area contributed by atoms with Crippen molar-refractivity contribution in [3.05, 3.63) is 53.6 Å². The van der Waals surface area contributed by atoms with Crippen LogP contribution in [0.2, 0.25) is 5.02 Å². The van der Waals surface area contributed by atoms with E-state index in [-0.39, 0.29) is 12.5 Å². The fourth-order valence-electron chi connectivity index (χ4n) is 1.36. The Morgan fingerprint density at radius 3 is 2.89 bits per heavy atom. The van der Waals surface area contributed by atoms with Gasteiger partial charge < -0.3 is 10.1 Å². The van der Waals surface area contributed by atoms with Crippen LogP contribution < -0.4 is 10.1 Å². The van der Waals surface area contributed by atoms with Crippen LogP contribution in [0.15, 0.2) is 42.6 Å². The zero-order chi connectivity index (χ0) is 13.7. The molecule has 19 heavy (non-hydrogen) atoms. The van der Waals surface area contributed by atoms with Crippen molar-refractivity contribution in [3.8, 4) is 5.75 Å². The number of nitrogens with zero attached hydrogens (tertiary/aromatic N) is 1. The standard InChI is InChI=1S/C13H10ClFN2O2/c14-9-2-1-3-10(6-9)17-13(18)8-19-11-4-5-12(15)16-7-11/h1-7H,8H2,(H,17,18). The second-order valence-electron chi connectivity index (χ2n) is 3.66. The zero-order valence-electron chi connectivity index (χ0n) is 9.77. The van der Waals surface area contributed by atoms with Crippen LogP contribution in [0.3, 0.4) is 0 Å². The first-order valence-corrected chi connectivity index (χ1v) is 5.81. The summed E-state index contributed by atoms with van der Waals surface area (Å²) in [6.45, 7) is -0.195. The van der Waals surface area contributed by atoms with Gasteiger partial charge in [0, 0.05) is 10.7 Å². The molecule has 1 aromatic carbocycles. The number of rotatable bonds is 4. The molecule has 0 saturated carbocycles. The van der Waals surface area contributed by atoms with Crippen LogP contribution in [0.5, 0.6) is 5.75 Å². The van der Waals surface area contributed by atoms with E-state index in [0.717, 1.165) is 6.07 Å². The number of halogens is 2. The van der Waals surface area contributed by atoms with Gasteiger partial charge >= 0.3 is 0 Å². The van der Waals surface area contributed by atoms with E-state index in [2.05, 4.69) is 10.3 Å². The number of nitrogens with one attached hydrogen (secondary N) is 1. The third-order valence-corrected chi connectivity index (χ3v) is 2.41. The molecule has 0 saturated heterocycles. The van der Waals surface area contributed by atoms with Crippen LogP contribution in [-0.4, -0.2) is 17.5 Å². The Balaban J connectivity index is 1.86. The predicted molar refractivity (Wildman–Crippen MR) is 69.8 cm³/mol. The molecule has 0 bridgehead atoms. The van der Waals surface area contributed by atoms with Gasteiger partial charge in [-0.1, -0.05) is 17.7 Å². The number of pyridine rings is 1. The van der Waals surface area contributed by atoms with Gasteiger partial charge in [-0.05, 0) is 30.3 Å². The average molecular weight is 281 g/mol. The maximum absolute atomic E-state index is 12.6. The van der Waals surface area contributed by atoms with Crippen LogP contribution in [0.4, 0.5) is 10.1 Å². The lowest BCUT2D eigenvalue weighted by atomic mass is 10.3. The van der Waals surface area contributed by atoms with Crippen molar-refractivity contribution >= 4 is 23.2 Å². The van der Waals surface area contributed by atoms with Gasteiger partial charge in [-0.25, -0.2) is 4.98 Å². The zero-order valence-corrected chi connectivity index (χ0v) is 10.5. The highest BCUT2D eigenvalue weighted by molar-refractivity contribution is 6.30. The molecule has 0 spiro atoms. The molecule has 2 rings (SSSR count). The van der Waals surface area contributed by atoms with Crippen molar-refractivity contribution in [3.63, 3.8) is 0 Å². The molecule has 6 heteroatoms. The van der Waals surface area contributed by atoms with E-state index in [9.17, 15) is 9.18 Å². The van der Waals surface area contributed by atoms with Crippen LogP contribution in [0.1, 0.15) is 0 Å². The third kappa shape index (κ3) is 4.22. The molecule has 98 valence electrons. The second-order valence-corrected chi connectivity index (χ2v) is 4.10. The van der Waals surface area contributed by atoms with Crippen molar-refractivity contribution in [2.45, 2.75) is 0 Å². The van der Waals surface area contributed by atoms with Gasteiger partial charge in [0.25, 0.3) is 5.91 Å². The van der Waals surface area contributed by atoms with Crippen LogP contribution in [0, 0.1) is 5.95 Å². The normalized spacial score (nSPS) is 10.0. The van der Waals surface area contributed by atoms with E-state index in [1.165, 1.54) is 12.3 Å². The minimum atomic E-state index is -0.601. The molecule has 0 radical (unpaired) electrons. The van der Waals surface area contributed by atoms with E-state index in [1.54, 1.807) is 24.3 Å². The number of aromatic nitrogens is 1. The maximum Gasteiger partial charge on any atom is 0.262 e. The highest BCUT2D eigenvalue weighted by Gasteiger charge is 2.04. The van der Waals surface area contributed by atoms with Crippen molar-refractivity contribution < 1.29 is 13.9 Å². The molecule has 0 atom stereocenters. The lowest BCUT2D eigenvalue weighted by Crippen LogP contribution is -2.20. The molecule has 0 aliphatic carbocycles. The molecule has 1 aromatic heterocycles. The maximum atomic E-state index is 12.6. The highest BCUT2D eigenvalue weighted by Crippen LogP contribution is 2.15. The molecule has 0 unspecified atom stereocenters. The molecule has 1 heterocycles. The Morgan fingerprint density at radius 2 is 2.21 bits per heavy atom. The molecular weight excluding hydrogens is 271 g/mol. The summed E-state index contributed by atoms with van der Waals surface area (Å²) in [6, 6.07) is 9.32. The molecule has 0 fully saturated rings. The van der Waals surface area contributed by atoms with Gasteiger partial charge in [0.15, 0.2) is 6.61 Å². The first-order chi connectivity index (χ1) is 9.13. The Morgan fingerprint density at radius 1 is 1.37 bits per heavy atom. The number of hydrogen-bond donors (Lipinski definition) is 1. The molecule has 1 N–H and O–H groups in total. The van der Waals surface area contributed by atoms with Gasteiger partial charge in [-0.2, -0.15) is 4.39 Å². The largest absolute Gasteiger partial charge is 0.482 e. The number of benzene rings is 1. The fraction of sp³-hybridized carbons (Fsp3) is 0.0769. The summed E-state index contributed by atoms with van der Waals surface area (Å²) in [5.74, 6) is -0.620. The summed E-state index contributed by atoms with van der Waals surface area (Å²) in [6.07, 6.45) is 1.21. The first-order valence-electron chi connectivity index (χ1n) is 5.43. The monoisotopic (exact) mass is 280 g/mol. The Labute approximate surface area is 114 Å². The number of ether oxygens (including phenoxy) is 1. The van der Waals surface area contributed by atoms with Gasteiger partial charge in [0.05, 0.1) is 6.20 Å². The van der Waals surface area contributed by atoms with E-state index < -0.39 is 5.95 Å². The summed E-state index contributed by atoms with van der Waals surface area (Å²) in [5.41, 5.74) is 0.582. The minimum Gasteiger partial charge on any atom is -0.482 e. The van der Waals surface area contributed by atoms with Crippen molar-refractivity contribution in [1.29, 1.82) is 0 Å². The highest BCUT2D eigenvalue weighted by atomic mass is 35.5. The Hall–Kier alpha value is -2.14. The SMILES string of the molecule is O=C(COc1ccc(F)nc1)Nc1cccc(Cl)c1. The third-order valence-electron chi connectivity index (χ3n) is 2.18. The molecular formula is C13H10ClFN2O2. The minimum absolute atomic E-state index is 0.195. The smallest absolute Gasteiger partial charge is 0.262 e. The van der Waals surface area contributed by atoms with Gasteiger partial charge in [0.2, 0.25) is 5.95 Å². The van der Waals surface area contributed by atoms with E-state index >= 15 is 0 Å². The van der Waals surface area contributed by atoms with Crippen molar-refractivity contribution in [1.82, 2.24) is 4.98 Å². The van der Waals surface area contributed by atoms with Crippen LogP contribution in [0.25, 0.3) is 0 Å². The lowest BCUT2D eigenvalue weighted by Gasteiger charge is -2.07. The van der Waals surface area contributed by atoms with E-state index in [4.69, 9.17) is 16.3 Å². The summed E-state index contributed by atoms with van der Waals surface area (Å²) in [4.78, 5) is 15.0. The van der Waals surface area contributed by atoms with Crippen molar-refractivity contribution in [2.75, 3.05) is 11.9 Å². The second kappa shape index (κ2) is 6.15. The van der Waals surface area contributed by atoms with Crippen LogP contribution >= 0.6 is 11.6 Å². The number of amides is 1. The number of carbonyl (C=O) groups is 1. The first kappa shape index (κ1) is 13.3.